The van der Waals surface area contributed by atoms with Crippen molar-refractivity contribution in [2.75, 3.05) is 5.32 Å². The number of halogens is 3. The Labute approximate surface area is 165 Å². The second-order valence-electron chi connectivity index (χ2n) is 5.88. The fraction of sp³-hybridized carbons (Fsp3) is 0.0526. The lowest BCUT2D eigenvalue weighted by Gasteiger charge is -2.06. The van der Waals surface area contributed by atoms with Gasteiger partial charge in [0.15, 0.2) is 4.96 Å². The summed E-state index contributed by atoms with van der Waals surface area (Å²) < 4.78 is 29.4. The molecule has 2 aromatic carbocycles. The van der Waals surface area contributed by atoms with Gasteiger partial charge in [-0.2, -0.15) is 0 Å². The first-order valence-corrected chi connectivity index (χ1v) is 9.54. The maximum Gasteiger partial charge on any atom is 0.267 e. The number of hydrogen-bond donors (Lipinski definition) is 1. The molecule has 1 amide bonds. The van der Waals surface area contributed by atoms with E-state index in [1.165, 1.54) is 35.6 Å². The smallest absolute Gasteiger partial charge is 0.267 e. The quantitative estimate of drug-likeness (QED) is 0.440. The minimum atomic E-state index is -0.518. The van der Waals surface area contributed by atoms with Crippen molar-refractivity contribution in [2.24, 2.45) is 0 Å². The zero-order valence-corrected chi connectivity index (χ0v) is 16.4. The maximum atomic E-state index is 14.0. The van der Waals surface area contributed by atoms with E-state index in [2.05, 4.69) is 26.2 Å². The van der Waals surface area contributed by atoms with Gasteiger partial charge in [0.1, 0.15) is 16.5 Å². The van der Waals surface area contributed by atoms with Gasteiger partial charge in [-0.15, -0.1) is 0 Å². The molecule has 4 aromatic rings. The van der Waals surface area contributed by atoms with Gasteiger partial charge < -0.3 is 5.32 Å². The lowest BCUT2D eigenvalue weighted by Crippen LogP contribution is -2.13. The zero-order valence-electron chi connectivity index (χ0n) is 14.0. The molecule has 0 aliphatic heterocycles. The predicted octanol–water partition coefficient (Wildman–Crippen LogP) is 5.66. The molecule has 0 spiro atoms. The number of carbonyl (C=O) groups excluding carboxylic acids is 1. The zero-order chi connectivity index (χ0) is 19.1. The minimum absolute atomic E-state index is 0.112. The summed E-state index contributed by atoms with van der Waals surface area (Å²) in [5, 5.41) is 2.59. The molecular weight excluding hydrogens is 436 g/mol. The van der Waals surface area contributed by atoms with Gasteiger partial charge in [0, 0.05) is 21.9 Å². The summed E-state index contributed by atoms with van der Waals surface area (Å²) in [6, 6.07) is 10.5. The number of fused-ring (bicyclic) bond motifs is 1. The lowest BCUT2D eigenvalue weighted by atomic mass is 10.2. The van der Waals surface area contributed by atoms with Crippen molar-refractivity contribution in [3.63, 3.8) is 0 Å². The van der Waals surface area contributed by atoms with Crippen LogP contribution in [0.4, 0.5) is 14.5 Å². The molecule has 0 saturated heterocycles. The minimum Gasteiger partial charge on any atom is -0.319 e. The molecule has 0 aliphatic carbocycles. The van der Waals surface area contributed by atoms with Crippen LogP contribution in [-0.2, 0) is 0 Å². The molecule has 27 heavy (non-hydrogen) atoms. The second kappa shape index (κ2) is 6.86. The van der Waals surface area contributed by atoms with Crippen LogP contribution in [0.1, 0.15) is 15.4 Å². The van der Waals surface area contributed by atoms with Crippen LogP contribution in [0, 0.1) is 18.6 Å². The van der Waals surface area contributed by atoms with Crippen LogP contribution in [0.3, 0.4) is 0 Å². The van der Waals surface area contributed by atoms with E-state index in [4.69, 9.17) is 0 Å². The third-order valence-electron chi connectivity index (χ3n) is 4.08. The Morgan fingerprint density at radius 2 is 1.93 bits per heavy atom. The first-order valence-electron chi connectivity index (χ1n) is 7.93. The van der Waals surface area contributed by atoms with Crippen LogP contribution >= 0.6 is 27.3 Å². The van der Waals surface area contributed by atoms with E-state index in [0.717, 1.165) is 5.56 Å². The number of aryl methyl sites for hydroxylation is 1. The summed E-state index contributed by atoms with van der Waals surface area (Å²) in [6.07, 6.45) is 1.80. The SMILES string of the molecule is Cc1c(C(=O)Nc2ccc(Br)cc2F)sc2nc(-c3ccc(F)cc3)cn12. The van der Waals surface area contributed by atoms with Crippen LogP contribution in [0.25, 0.3) is 16.2 Å². The van der Waals surface area contributed by atoms with Crippen molar-refractivity contribution in [1.29, 1.82) is 0 Å². The Bertz CT molecular complexity index is 1170. The number of carbonyl (C=O) groups is 1. The molecule has 1 N–H and O–H groups in total. The Morgan fingerprint density at radius 1 is 1.19 bits per heavy atom. The van der Waals surface area contributed by atoms with E-state index in [0.29, 0.717) is 25.7 Å². The number of nitrogens with zero attached hydrogens (tertiary/aromatic N) is 2. The van der Waals surface area contributed by atoms with Crippen LogP contribution in [-0.4, -0.2) is 15.3 Å². The highest BCUT2D eigenvalue weighted by molar-refractivity contribution is 9.10. The average Bonchev–Trinajstić information content (AvgIpc) is 3.18. The number of rotatable bonds is 3. The molecule has 4 rings (SSSR count). The summed E-state index contributed by atoms with van der Waals surface area (Å²) >= 11 is 4.40. The number of aromatic nitrogens is 2. The molecule has 0 aliphatic rings. The summed E-state index contributed by atoms with van der Waals surface area (Å²) in [6.45, 7) is 1.80. The number of thiazole rings is 1. The fourth-order valence-corrected chi connectivity index (χ4v) is 4.03. The van der Waals surface area contributed by atoms with Gasteiger partial charge >= 0.3 is 0 Å². The number of nitrogens with one attached hydrogen (secondary N) is 1. The summed E-state index contributed by atoms with van der Waals surface area (Å²) in [7, 11) is 0. The van der Waals surface area contributed by atoms with E-state index in [9.17, 15) is 13.6 Å². The van der Waals surface area contributed by atoms with Gasteiger partial charge in [-0.1, -0.05) is 27.3 Å². The molecule has 0 bridgehead atoms. The molecule has 2 aromatic heterocycles. The maximum absolute atomic E-state index is 14.0. The summed E-state index contributed by atoms with van der Waals surface area (Å²) in [4.78, 5) is 18.2. The third-order valence-corrected chi connectivity index (χ3v) is 5.73. The lowest BCUT2D eigenvalue weighted by molar-refractivity contribution is 0.102. The summed E-state index contributed by atoms with van der Waals surface area (Å²) in [5.41, 5.74) is 2.29. The molecule has 0 saturated carbocycles. The number of amides is 1. The first kappa shape index (κ1) is 17.8. The van der Waals surface area contributed by atoms with Crippen molar-refractivity contribution < 1.29 is 13.6 Å². The van der Waals surface area contributed by atoms with Crippen LogP contribution in [0.2, 0.25) is 0 Å². The molecule has 0 unspecified atom stereocenters. The third kappa shape index (κ3) is 3.38. The number of hydrogen-bond acceptors (Lipinski definition) is 3. The van der Waals surface area contributed by atoms with E-state index < -0.39 is 11.7 Å². The van der Waals surface area contributed by atoms with E-state index >= 15 is 0 Å². The standard InChI is InChI=1S/C19H12BrF2N3OS/c1-10-17(18(26)23-15-7-4-12(20)8-14(15)22)27-19-24-16(9-25(10)19)11-2-5-13(21)6-3-11/h2-9H,1H3,(H,23,26). The molecule has 136 valence electrons. The highest BCUT2D eigenvalue weighted by atomic mass is 79.9. The van der Waals surface area contributed by atoms with Crippen molar-refractivity contribution in [3.05, 3.63) is 75.3 Å². The monoisotopic (exact) mass is 447 g/mol. The van der Waals surface area contributed by atoms with Crippen molar-refractivity contribution in [2.45, 2.75) is 6.92 Å². The Balaban J connectivity index is 1.64. The molecule has 0 atom stereocenters. The topological polar surface area (TPSA) is 46.4 Å². The molecule has 0 radical (unpaired) electrons. The van der Waals surface area contributed by atoms with Gasteiger partial charge in [-0.25, -0.2) is 13.8 Å². The van der Waals surface area contributed by atoms with Crippen molar-refractivity contribution in [3.8, 4) is 11.3 Å². The largest absolute Gasteiger partial charge is 0.319 e. The van der Waals surface area contributed by atoms with Gasteiger partial charge in [-0.05, 0) is 49.4 Å². The Morgan fingerprint density at radius 3 is 2.59 bits per heavy atom. The molecular formula is C19H12BrF2N3OS. The van der Waals surface area contributed by atoms with Gasteiger partial charge in [0.2, 0.25) is 0 Å². The highest BCUT2D eigenvalue weighted by Gasteiger charge is 2.19. The van der Waals surface area contributed by atoms with Gasteiger partial charge in [-0.3, -0.25) is 9.20 Å². The van der Waals surface area contributed by atoms with Crippen molar-refractivity contribution >= 4 is 43.8 Å². The first-order chi connectivity index (χ1) is 12.9. The number of benzene rings is 2. The molecule has 4 nitrogen and oxygen atoms in total. The summed E-state index contributed by atoms with van der Waals surface area (Å²) in [5.74, 6) is -1.22. The predicted molar refractivity (Wildman–Crippen MR) is 105 cm³/mol. The van der Waals surface area contributed by atoms with Crippen molar-refractivity contribution in [1.82, 2.24) is 9.38 Å². The molecule has 8 heteroatoms. The van der Waals surface area contributed by atoms with E-state index in [1.54, 1.807) is 35.7 Å². The average molecular weight is 448 g/mol. The van der Waals surface area contributed by atoms with Crippen LogP contribution in [0.5, 0.6) is 0 Å². The Hall–Kier alpha value is -2.58. The normalized spacial score (nSPS) is 11.1. The van der Waals surface area contributed by atoms with E-state index in [-0.39, 0.29) is 11.5 Å². The fourth-order valence-electron chi connectivity index (χ4n) is 2.69. The molecule has 0 fully saturated rings. The Kier molecular flexibility index (Phi) is 4.53. The van der Waals surface area contributed by atoms with Crippen LogP contribution in [0.15, 0.2) is 53.1 Å². The number of anilines is 1. The molecule has 2 heterocycles. The van der Waals surface area contributed by atoms with Gasteiger partial charge in [0.05, 0.1) is 11.4 Å². The van der Waals surface area contributed by atoms with Gasteiger partial charge in [0.25, 0.3) is 5.91 Å². The number of imidazole rings is 1. The second-order valence-corrected chi connectivity index (χ2v) is 7.77. The van der Waals surface area contributed by atoms with E-state index in [1.807, 2.05) is 0 Å². The highest BCUT2D eigenvalue weighted by Crippen LogP contribution is 2.28. The van der Waals surface area contributed by atoms with Crippen LogP contribution < -0.4 is 5.32 Å².